The summed E-state index contributed by atoms with van der Waals surface area (Å²) in [6, 6.07) is 18.5. The van der Waals surface area contributed by atoms with Crippen LogP contribution in [0, 0.1) is 11.3 Å². The van der Waals surface area contributed by atoms with Gasteiger partial charge in [0.05, 0.1) is 18.7 Å². The standard InChI is InChI=1S/C18H13NO4S/c1-22-18-10-13(12-19)6-9-17(18)23-24(20,21)16-8-7-14-4-2-3-5-15(14)11-16/h2-11H,1H3. The number of hydrogen-bond acceptors (Lipinski definition) is 5. The van der Waals surface area contributed by atoms with Gasteiger partial charge < -0.3 is 8.92 Å². The van der Waals surface area contributed by atoms with E-state index in [1.54, 1.807) is 12.1 Å². The van der Waals surface area contributed by atoms with Crippen molar-refractivity contribution in [3.05, 3.63) is 66.2 Å². The predicted octanol–water partition coefficient (Wildman–Crippen LogP) is 3.49. The summed E-state index contributed by atoms with van der Waals surface area (Å²) in [6.07, 6.45) is 0. The Labute approximate surface area is 139 Å². The van der Waals surface area contributed by atoms with Crippen molar-refractivity contribution in [2.75, 3.05) is 7.11 Å². The first kappa shape index (κ1) is 15.8. The molecule has 0 fully saturated rings. The number of methoxy groups -OCH3 is 1. The van der Waals surface area contributed by atoms with Crippen LogP contribution in [0.15, 0.2) is 65.6 Å². The lowest BCUT2D eigenvalue weighted by molar-refractivity contribution is 0.390. The van der Waals surface area contributed by atoms with Gasteiger partial charge in [-0.25, -0.2) is 0 Å². The highest BCUT2D eigenvalue weighted by atomic mass is 32.2. The van der Waals surface area contributed by atoms with Gasteiger partial charge in [-0.05, 0) is 35.0 Å². The second-order valence-corrected chi connectivity index (χ2v) is 6.57. The van der Waals surface area contributed by atoms with Gasteiger partial charge in [0.2, 0.25) is 0 Å². The lowest BCUT2D eigenvalue weighted by Gasteiger charge is -2.11. The fraction of sp³-hybridized carbons (Fsp3) is 0.0556. The molecular weight excluding hydrogens is 326 g/mol. The van der Waals surface area contributed by atoms with Gasteiger partial charge in [-0.3, -0.25) is 0 Å². The molecule has 0 spiro atoms. The Balaban J connectivity index is 2.00. The molecule has 120 valence electrons. The first-order chi connectivity index (χ1) is 11.5. The zero-order valence-electron chi connectivity index (χ0n) is 12.8. The van der Waals surface area contributed by atoms with Crippen LogP contribution in [0.5, 0.6) is 11.5 Å². The number of nitriles is 1. The molecule has 0 heterocycles. The lowest BCUT2D eigenvalue weighted by atomic mass is 10.1. The van der Waals surface area contributed by atoms with E-state index in [1.165, 1.54) is 31.4 Å². The van der Waals surface area contributed by atoms with E-state index >= 15 is 0 Å². The summed E-state index contributed by atoms with van der Waals surface area (Å²) in [4.78, 5) is 0.0487. The SMILES string of the molecule is COc1cc(C#N)ccc1OS(=O)(=O)c1ccc2ccccc2c1. The third-order valence-corrected chi connectivity index (χ3v) is 4.73. The Morgan fingerprint density at radius 3 is 2.38 bits per heavy atom. The Kier molecular flexibility index (Phi) is 4.11. The molecule has 0 aliphatic heterocycles. The summed E-state index contributed by atoms with van der Waals surface area (Å²) in [5, 5.41) is 10.6. The molecule has 0 aromatic heterocycles. The van der Waals surface area contributed by atoms with E-state index in [4.69, 9.17) is 14.2 Å². The van der Waals surface area contributed by atoms with E-state index in [0.717, 1.165) is 10.8 Å². The second-order valence-electron chi connectivity index (χ2n) is 5.02. The summed E-state index contributed by atoms with van der Waals surface area (Å²) in [5.41, 5.74) is 0.349. The minimum absolute atomic E-state index is 0.0321. The molecule has 0 radical (unpaired) electrons. The number of ether oxygens (including phenoxy) is 1. The highest BCUT2D eigenvalue weighted by Crippen LogP contribution is 2.31. The normalized spacial score (nSPS) is 11.0. The maximum Gasteiger partial charge on any atom is 0.339 e. The van der Waals surface area contributed by atoms with Crippen LogP contribution < -0.4 is 8.92 Å². The number of hydrogen-bond donors (Lipinski definition) is 0. The first-order valence-electron chi connectivity index (χ1n) is 7.05. The lowest BCUT2D eigenvalue weighted by Crippen LogP contribution is -2.10. The average Bonchev–Trinajstić information content (AvgIpc) is 2.61. The molecule has 0 saturated heterocycles. The fourth-order valence-corrected chi connectivity index (χ4v) is 3.27. The van der Waals surface area contributed by atoms with Gasteiger partial charge in [-0.15, -0.1) is 0 Å². The molecule has 0 atom stereocenters. The molecular formula is C18H13NO4S. The van der Waals surface area contributed by atoms with Crippen molar-refractivity contribution in [3.63, 3.8) is 0 Å². The molecule has 0 aliphatic carbocycles. The summed E-state index contributed by atoms with van der Waals surface area (Å²) < 4.78 is 35.3. The molecule has 0 aliphatic rings. The van der Waals surface area contributed by atoms with E-state index in [1.807, 2.05) is 30.3 Å². The smallest absolute Gasteiger partial charge is 0.339 e. The van der Waals surface area contributed by atoms with Crippen molar-refractivity contribution in [1.29, 1.82) is 5.26 Å². The summed E-state index contributed by atoms with van der Waals surface area (Å²) >= 11 is 0. The van der Waals surface area contributed by atoms with Crippen LogP contribution in [0.25, 0.3) is 10.8 Å². The van der Waals surface area contributed by atoms with Gasteiger partial charge in [-0.2, -0.15) is 13.7 Å². The largest absolute Gasteiger partial charge is 0.493 e. The fourth-order valence-electron chi connectivity index (χ4n) is 2.30. The summed E-state index contributed by atoms with van der Waals surface area (Å²) in [5.74, 6) is 0.211. The molecule has 3 rings (SSSR count). The van der Waals surface area contributed by atoms with Gasteiger partial charge in [0.15, 0.2) is 11.5 Å². The van der Waals surface area contributed by atoms with Gasteiger partial charge in [-0.1, -0.05) is 30.3 Å². The molecule has 6 heteroatoms. The number of nitrogens with zero attached hydrogens (tertiary/aromatic N) is 1. The maximum absolute atomic E-state index is 12.5. The van der Waals surface area contributed by atoms with Crippen LogP contribution in [0.1, 0.15) is 5.56 Å². The molecule has 0 saturated carbocycles. The van der Waals surface area contributed by atoms with Crippen molar-refractivity contribution < 1.29 is 17.3 Å². The topological polar surface area (TPSA) is 76.4 Å². The summed E-state index contributed by atoms with van der Waals surface area (Å²) in [7, 11) is -2.64. The van der Waals surface area contributed by atoms with Crippen LogP contribution in [0.2, 0.25) is 0 Å². The summed E-state index contributed by atoms with van der Waals surface area (Å²) in [6.45, 7) is 0. The minimum atomic E-state index is -4.02. The third kappa shape index (κ3) is 3.03. The minimum Gasteiger partial charge on any atom is -0.493 e. The number of rotatable bonds is 4. The van der Waals surface area contributed by atoms with E-state index in [9.17, 15) is 8.42 Å². The quantitative estimate of drug-likeness (QED) is 0.680. The van der Waals surface area contributed by atoms with E-state index in [-0.39, 0.29) is 16.4 Å². The molecule has 3 aromatic rings. The van der Waals surface area contributed by atoms with Crippen LogP contribution in [-0.2, 0) is 10.1 Å². The molecule has 3 aromatic carbocycles. The van der Waals surface area contributed by atoms with Gasteiger partial charge in [0.1, 0.15) is 4.90 Å². The highest BCUT2D eigenvalue weighted by molar-refractivity contribution is 7.87. The van der Waals surface area contributed by atoms with Crippen molar-refractivity contribution in [2.45, 2.75) is 4.90 Å². The molecule has 0 bridgehead atoms. The molecule has 0 N–H and O–H groups in total. The second kappa shape index (κ2) is 6.22. The first-order valence-corrected chi connectivity index (χ1v) is 8.46. The van der Waals surface area contributed by atoms with E-state index < -0.39 is 10.1 Å². The maximum atomic E-state index is 12.5. The number of benzene rings is 3. The van der Waals surface area contributed by atoms with Crippen molar-refractivity contribution in [1.82, 2.24) is 0 Å². The van der Waals surface area contributed by atoms with Gasteiger partial charge >= 0.3 is 10.1 Å². The van der Waals surface area contributed by atoms with Crippen molar-refractivity contribution >= 4 is 20.9 Å². The van der Waals surface area contributed by atoms with Crippen LogP contribution in [0.3, 0.4) is 0 Å². The zero-order chi connectivity index (χ0) is 17.2. The van der Waals surface area contributed by atoms with Crippen LogP contribution in [0.4, 0.5) is 0 Å². The monoisotopic (exact) mass is 339 g/mol. The van der Waals surface area contributed by atoms with E-state index in [0.29, 0.717) is 5.56 Å². The number of fused-ring (bicyclic) bond motifs is 1. The van der Waals surface area contributed by atoms with Crippen LogP contribution >= 0.6 is 0 Å². The molecule has 5 nitrogen and oxygen atoms in total. The third-order valence-electron chi connectivity index (χ3n) is 3.50. The molecule has 0 unspecified atom stereocenters. The Bertz CT molecular complexity index is 1050. The Morgan fingerprint density at radius 1 is 0.917 bits per heavy atom. The Hall–Kier alpha value is -3.04. The predicted molar refractivity (Wildman–Crippen MR) is 89.5 cm³/mol. The molecule has 24 heavy (non-hydrogen) atoms. The van der Waals surface area contributed by atoms with Crippen LogP contribution in [-0.4, -0.2) is 15.5 Å². The van der Waals surface area contributed by atoms with Crippen molar-refractivity contribution in [2.24, 2.45) is 0 Å². The van der Waals surface area contributed by atoms with Gasteiger partial charge in [0, 0.05) is 6.07 Å². The zero-order valence-corrected chi connectivity index (χ0v) is 13.6. The molecule has 0 amide bonds. The Morgan fingerprint density at radius 2 is 1.67 bits per heavy atom. The van der Waals surface area contributed by atoms with E-state index in [2.05, 4.69) is 0 Å². The van der Waals surface area contributed by atoms with Crippen molar-refractivity contribution in [3.8, 4) is 17.6 Å². The van der Waals surface area contributed by atoms with Gasteiger partial charge in [0.25, 0.3) is 0 Å². The average molecular weight is 339 g/mol. The highest BCUT2D eigenvalue weighted by Gasteiger charge is 2.19.